The quantitative estimate of drug-likeness (QED) is 0.876. The predicted octanol–water partition coefficient (Wildman–Crippen LogP) is 3.91. The van der Waals surface area contributed by atoms with E-state index in [-0.39, 0.29) is 11.8 Å². The van der Waals surface area contributed by atoms with Crippen molar-refractivity contribution in [2.24, 2.45) is 0 Å². The van der Waals surface area contributed by atoms with Crippen molar-refractivity contribution >= 4 is 21.6 Å². The fourth-order valence-electron chi connectivity index (χ4n) is 2.13. The van der Waals surface area contributed by atoms with Gasteiger partial charge in [0.1, 0.15) is 0 Å². The number of hydrogen-bond donors (Lipinski definition) is 1. The molecule has 0 aromatic heterocycles. The third kappa shape index (κ3) is 4.84. The number of hydrogen-bond acceptors (Lipinski definition) is 2. The van der Waals surface area contributed by atoms with Gasteiger partial charge in [0.05, 0.1) is 5.75 Å². The van der Waals surface area contributed by atoms with Crippen LogP contribution in [0.5, 0.6) is 0 Å². The second kappa shape index (κ2) is 7.07. The summed E-state index contributed by atoms with van der Waals surface area (Å²) in [5, 5.41) is 0.640. The summed E-state index contributed by atoms with van der Waals surface area (Å²) >= 11 is 5.86. The van der Waals surface area contributed by atoms with E-state index in [0.717, 1.165) is 11.1 Å². The second-order valence-corrected chi connectivity index (χ2v) is 7.07. The molecule has 0 saturated carbocycles. The van der Waals surface area contributed by atoms with Crippen LogP contribution in [0.4, 0.5) is 0 Å². The van der Waals surface area contributed by atoms with Crippen molar-refractivity contribution in [3.63, 3.8) is 0 Å². The topological polar surface area (TPSA) is 46.2 Å². The maximum Gasteiger partial charge on any atom is 0.216 e. The summed E-state index contributed by atoms with van der Waals surface area (Å²) in [7, 11) is -3.39. The van der Waals surface area contributed by atoms with E-state index < -0.39 is 10.0 Å². The smallest absolute Gasteiger partial charge is 0.212 e. The lowest BCUT2D eigenvalue weighted by molar-refractivity contribution is 0.549. The number of sulfonamides is 1. The first-order valence-corrected chi connectivity index (χ1v) is 8.82. The molecule has 0 heterocycles. The van der Waals surface area contributed by atoms with Gasteiger partial charge in [-0.2, -0.15) is 0 Å². The van der Waals surface area contributed by atoms with Crippen molar-refractivity contribution in [2.45, 2.75) is 25.1 Å². The van der Waals surface area contributed by atoms with Crippen LogP contribution in [0.25, 0.3) is 0 Å². The van der Waals surface area contributed by atoms with Gasteiger partial charge in [0, 0.05) is 11.1 Å². The first-order valence-electron chi connectivity index (χ1n) is 6.79. The molecule has 3 nitrogen and oxygen atoms in total. The molecule has 0 aliphatic carbocycles. The zero-order chi connectivity index (χ0) is 15.3. The highest BCUT2D eigenvalue weighted by molar-refractivity contribution is 7.88. The molecule has 0 amide bonds. The van der Waals surface area contributed by atoms with Crippen molar-refractivity contribution in [2.75, 3.05) is 0 Å². The zero-order valence-electron chi connectivity index (χ0n) is 11.8. The molecule has 1 N–H and O–H groups in total. The highest BCUT2D eigenvalue weighted by Gasteiger charge is 2.18. The van der Waals surface area contributed by atoms with Crippen molar-refractivity contribution in [1.82, 2.24) is 4.72 Å². The Morgan fingerprint density at radius 2 is 1.67 bits per heavy atom. The molecule has 112 valence electrons. The predicted molar refractivity (Wildman–Crippen MR) is 86.7 cm³/mol. The first kappa shape index (κ1) is 16.0. The van der Waals surface area contributed by atoms with Crippen molar-refractivity contribution < 1.29 is 8.42 Å². The fourth-order valence-corrected chi connectivity index (χ4v) is 3.71. The molecule has 2 rings (SSSR count). The summed E-state index contributed by atoms with van der Waals surface area (Å²) in [6.45, 7) is 1.95. The Labute approximate surface area is 131 Å². The minimum Gasteiger partial charge on any atom is -0.212 e. The molecule has 0 aliphatic heterocycles. The average Bonchev–Trinajstić information content (AvgIpc) is 2.46. The van der Waals surface area contributed by atoms with E-state index in [9.17, 15) is 8.42 Å². The van der Waals surface area contributed by atoms with E-state index in [1.165, 1.54) is 0 Å². The molecule has 0 spiro atoms. The third-order valence-corrected chi connectivity index (χ3v) is 4.81. The number of benzene rings is 2. The normalized spacial score (nSPS) is 13.0. The summed E-state index contributed by atoms with van der Waals surface area (Å²) < 4.78 is 27.3. The van der Waals surface area contributed by atoms with Crippen molar-refractivity contribution in [3.8, 4) is 0 Å². The van der Waals surface area contributed by atoms with Crippen molar-refractivity contribution in [1.29, 1.82) is 0 Å². The summed E-state index contributed by atoms with van der Waals surface area (Å²) in [4.78, 5) is 0. The molecule has 5 heteroatoms. The second-order valence-electron chi connectivity index (χ2n) is 4.87. The summed E-state index contributed by atoms with van der Waals surface area (Å²) in [6.07, 6.45) is 0.676. The van der Waals surface area contributed by atoms with E-state index in [4.69, 9.17) is 11.6 Å². The molecule has 0 saturated heterocycles. The van der Waals surface area contributed by atoms with Gasteiger partial charge in [0.25, 0.3) is 0 Å². The molecule has 0 unspecified atom stereocenters. The van der Waals surface area contributed by atoms with Crippen LogP contribution in [0.1, 0.15) is 30.5 Å². The summed E-state index contributed by atoms with van der Waals surface area (Å²) in [6, 6.07) is 16.1. The maximum atomic E-state index is 12.3. The SMILES string of the molecule is CC[C@@H](NS(=O)(=O)Cc1ccccc1)c1ccc(Cl)cc1. The van der Waals surface area contributed by atoms with Crippen LogP contribution in [0.3, 0.4) is 0 Å². The third-order valence-electron chi connectivity index (χ3n) is 3.20. The number of nitrogens with one attached hydrogen (secondary N) is 1. The molecule has 21 heavy (non-hydrogen) atoms. The van der Waals surface area contributed by atoms with E-state index in [1.807, 2.05) is 49.4 Å². The molecular formula is C16H18ClNO2S. The average molecular weight is 324 g/mol. The molecule has 2 aromatic carbocycles. The molecule has 1 atom stereocenters. The van der Waals surface area contributed by atoms with E-state index in [1.54, 1.807) is 12.1 Å². The molecule has 2 aromatic rings. The zero-order valence-corrected chi connectivity index (χ0v) is 13.4. The van der Waals surface area contributed by atoms with Crippen LogP contribution in [0, 0.1) is 0 Å². The minimum atomic E-state index is -3.39. The minimum absolute atomic E-state index is 0.0159. The van der Waals surface area contributed by atoms with E-state index in [0.29, 0.717) is 11.4 Å². The van der Waals surface area contributed by atoms with E-state index >= 15 is 0 Å². The van der Waals surface area contributed by atoms with Gasteiger partial charge >= 0.3 is 0 Å². The Kier molecular flexibility index (Phi) is 5.39. The Morgan fingerprint density at radius 3 is 2.24 bits per heavy atom. The summed E-state index contributed by atoms with van der Waals surface area (Å²) in [5.74, 6) is -0.0159. The molecule has 0 bridgehead atoms. The van der Waals surface area contributed by atoms with Crippen LogP contribution in [0.15, 0.2) is 54.6 Å². The van der Waals surface area contributed by atoms with Gasteiger partial charge < -0.3 is 0 Å². The van der Waals surface area contributed by atoms with Gasteiger partial charge in [-0.3, -0.25) is 0 Å². The lowest BCUT2D eigenvalue weighted by atomic mass is 10.1. The molecule has 0 fully saturated rings. The molecule has 0 radical (unpaired) electrons. The summed E-state index contributed by atoms with van der Waals surface area (Å²) in [5.41, 5.74) is 1.69. The van der Waals surface area contributed by atoms with Crippen LogP contribution >= 0.6 is 11.6 Å². The van der Waals surface area contributed by atoms with Gasteiger partial charge in [0.15, 0.2) is 0 Å². The van der Waals surface area contributed by atoms with Gasteiger partial charge in [-0.05, 0) is 29.7 Å². The monoisotopic (exact) mass is 323 g/mol. The van der Waals surface area contributed by atoms with Crippen LogP contribution in [0.2, 0.25) is 5.02 Å². The van der Waals surface area contributed by atoms with Crippen LogP contribution in [-0.2, 0) is 15.8 Å². The largest absolute Gasteiger partial charge is 0.216 e. The number of rotatable bonds is 6. The van der Waals surface area contributed by atoms with Crippen molar-refractivity contribution in [3.05, 3.63) is 70.7 Å². The highest BCUT2D eigenvalue weighted by Crippen LogP contribution is 2.20. The fraction of sp³-hybridized carbons (Fsp3) is 0.250. The van der Waals surface area contributed by atoms with Gasteiger partial charge in [-0.25, -0.2) is 13.1 Å². The van der Waals surface area contributed by atoms with Crippen LogP contribution in [-0.4, -0.2) is 8.42 Å². The lowest BCUT2D eigenvalue weighted by Crippen LogP contribution is -2.29. The van der Waals surface area contributed by atoms with Gasteiger partial charge in [-0.1, -0.05) is 61.0 Å². The van der Waals surface area contributed by atoms with Crippen LogP contribution < -0.4 is 4.72 Å². The Hall–Kier alpha value is -1.36. The van der Waals surface area contributed by atoms with Gasteiger partial charge in [-0.15, -0.1) is 0 Å². The Bertz CT molecular complexity index is 669. The number of halogens is 1. The van der Waals surface area contributed by atoms with E-state index in [2.05, 4.69) is 4.72 Å². The molecule has 0 aliphatic rings. The lowest BCUT2D eigenvalue weighted by Gasteiger charge is -2.17. The molecular weight excluding hydrogens is 306 g/mol. The maximum absolute atomic E-state index is 12.3. The first-order chi connectivity index (χ1) is 10.00. The van der Waals surface area contributed by atoms with Gasteiger partial charge in [0.2, 0.25) is 10.0 Å². The Morgan fingerprint density at radius 1 is 1.05 bits per heavy atom. The highest BCUT2D eigenvalue weighted by atomic mass is 35.5. The standard InChI is InChI=1S/C16H18ClNO2S/c1-2-16(14-8-10-15(17)11-9-14)18-21(19,20)12-13-6-4-3-5-7-13/h3-11,16,18H,2,12H2,1H3/t16-/m1/s1. The Balaban J connectivity index is 2.12.